The molecule has 0 aliphatic rings. The molecule has 0 aromatic heterocycles. The van der Waals surface area contributed by atoms with Crippen molar-refractivity contribution >= 4 is 17.5 Å². The summed E-state index contributed by atoms with van der Waals surface area (Å²) in [5.74, 6) is 0.934. The summed E-state index contributed by atoms with van der Waals surface area (Å²) >= 11 is 5.97. The van der Waals surface area contributed by atoms with Crippen LogP contribution >= 0.6 is 11.6 Å². The number of methoxy groups -OCH3 is 1. The minimum absolute atomic E-state index is 0.172. The van der Waals surface area contributed by atoms with Gasteiger partial charge in [0.05, 0.1) is 13.2 Å². The third-order valence-corrected chi connectivity index (χ3v) is 3.51. The van der Waals surface area contributed by atoms with Crippen LogP contribution in [0.2, 0.25) is 5.02 Å². The monoisotopic (exact) mass is 344 g/mol. The van der Waals surface area contributed by atoms with Gasteiger partial charge in [-0.3, -0.25) is 4.79 Å². The van der Waals surface area contributed by atoms with E-state index in [1.54, 1.807) is 25.3 Å². The second-order valence-electron chi connectivity index (χ2n) is 5.00. The van der Waals surface area contributed by atoms with Gasteiger partial charge in [-0.1, -0.05) is 23.7 Å². The van der Waals surface area contributed by atoms with E-state index in [1.165, 1.54) is 0 Å². The van der Waals surface area contributed by atoms with Crippen molar-refractivity contribution in [2.75, 3.05) is 7.11 Å². The van der Waals surface area contributed by atoms with Gasteiger partial charge in [0, 0.05) is 23.2 Å². The summed E-state index contributed by atoms with van der Waals surface area (Å²) in [6.07, 6.45) is -0.172. The highest BCUT2D eigenvalue weighted by atomic mass is 35.5. The molecule has 0 heterocycles. The molecule has 0 radical (unpaired) electrons. The zero-order valence-corrected chi connectivity index (χ0v) is 14.0. The second kappa shape index (κ2) is 8.80. The Labute approximate surface area is 145 Å². The van der Waals surface area contributed by atoms with Crippen LogP contribution in [-0.4, -0.2) is 13.0 Å². The third-order valence-electron chi connectivity index (χ3n) is 3.27. The molecule has 1 amide bonds. The van der Waals surface area contributed by atoms with Crippen LogP contribution in [-0.2, 0) is 17.9 Å². The Hall–Kier alpha value is -2.71. The molecular weight excluding hydrogens is 328 g/mol. The van der Waals surface area contributed by atoms with E-state index in [1.807, 2.05) is 30.3 Å². The summed E-state index contributed by atoms with van der Waals surface area (Å²) in [6, 6.07) is 14.6. The normalized spacial score (nSPS) is 9.88. The molecule has 0 saturated heterocycles. The Morgan fingerprint density at radius 1 is 1.29 bits per heavy atom. The average Bonchev–Trinajstić information content (AvgIpc) is 2.58. The predicted molar refractivity (Wildman–Crippen MR) is 90.9 cm³/mol. The van der Waals surface area contributed by atoms with Gasteiger partial charge in [0.2, 0.25) is 5.91 Å². The van der Waals surface area contributed by atoms with E-state index in [0.29, 0.717) is 23.1 Å². The molecule has 0 saturated carbocycles. The molecule has 2 aromatic rings. The van der Waals surface area contributed by atoms with Crippen molar-refractivity contribution < 1.29 is 14.3 Å². The molecule has 6 heteroatoms. The van der Waals surface area contributed by atoms with Crippen molar-refractivity contribution in [2.24, 2.45) is 0 Å². The van der Waals surface area contributed by atoms with Crippen LogP contribution in [0.3, 0.4) is 0 Å². The summed E-state index contributed by atoms with van der Waals surface area (Å²) in [7, 11) is 1.57. The molecule has 0 aliphatic heterocycles. The number of hydrogen-bond donors (Lipinski definition) is 1. The van der Waals surface area contributed by atoms with E-state index in [9.17, 15) is 4.79 Å². The maximum absolute atomic E-state index is 11.5. The van der Waals surface area contributed by atoms with Crippen molar-refractivity contribution in [2.45, 2.75) is 19.6 Å². The first-order chi connectivity index (χ1) is 11.6. The zero-order chi connectivity index (χ0) is 17.4. The Morgan fingerprint density at radius 3 is 2.83 bits per heavy atom. The second-order valence-corrected chi connectivity index (χ2v) is 5.44. The smallest absolute Gasteiger partial charge is 0.234 e. The maximum Gasteiger partial charge on any atom is 0.234 e. The minimum Gasteiger partial charge on any atom is -0.497 e. The van der Waals surface area contributed by atoms with Crippen LogP contribution in [0.15, 0.2) is 42.5 Å². The Balaban J connectivity index is 2.10. The lowest BCUT2D eigenvalue weighted by atomic mass is 10.1. The highest BCUT2D eigenvalue weighted by molar-refractivity contribution is 6.30. The quantitative estimate of drug-likeness (QED) is 0.835. The molecule has 2 rings (SSSR count). The van der Waals surface area contributed by atoms with E-state index in [2.05, 4.69) is 5.32 Å². The fraction of sp³-hybridized carbons (Fsp3) is 0.222. The van der Waals surface area contributed by atoms with Crippen LogP contribution in [0.1, 0.15) is 17.5 Å². The van der Waals surface area contributed by atoms with Gasteiger partial charge < -0.3 is 14.8 Å². The van der Waals surface area contributed by atoms with Gasteiger partial charge >= 0.3 is 0 Å². The molecule has 0 fully saturated rings. The van der Waals surface area contributed by atoms with Crippen molar-refractivity contribution in [3.05, 3.63) is 58.6 Å². The number of halogens is 1. The Kier molecular flexibility index (Phi) is 6.47. The van der Waals surface area contributed by atoms with Gasteiger partial charge in [-0.25, -0.2) is 0 Å². The summed E-state index contributed by atoms with van der Waals surface area (Å²) < 4.78 is 11.1. The molecule has 0 aliphatic carbocycles. The highest BCUT2D eigenvalue weighted by Crippen LogP contribution is 2.26. The van der Waals surface area contributed by atoms with Crippen LogP contribution in [0, 0.1) is 11.3 Å². The van der Waals surface area contributed by atoms with Crippen molar-refractivity contribution in [3.8, 4) is 17.6 Å². The number of nitriles is 1. The van der Waals surface area contributed by atoms with Crippen LogP contribution in [0.5, 0.6) is 11.5 Å². The predicted octanol–water partition coefficient (Wildman–Crippen LogP) is 3.46. The number of hydrogen-bond acceptors (Lipinski definition) is 4. The maximum atomic E-state index is 11.5. The SMILES string of the molecule is COc1ccc(CNC(=O)CC#N)c(OCc2cccc(Cl)c2)c1. The van der Waals surface area contributed by atoms with Gasteiger partial charge in [0.25, 0.3) is 0 Å². The minimum atomic E-state index is -0.325. The first-order valence-electron chi connectivity index (χ1n) is 7.30. The molecule has 5 nitrogen and oxygen atoms in total. The van der Waals surface area contributed by atoms with Crippen LogP contribution in [0.4, 0.5) is 0 Å². The van der Waals surface area contributed by atoms with E-state index in [4.69, 9.17) is 26.3 Å². The molecule has 0 bridgehead atoms. The standard InChI is InChI=1S/C18H17ClN2O3/c1-23-16-6-5-14(11-21-18(22)7-8-20)17(10-16)24-12-13-3-2-4-15(19)9-13/h2-6,9-10H,7,11-12H2,1H3,(H,21,22). The van der Waals surface area contributed by atoms with Crippen LogP contribution in [0.25, 0.3) is 0 Å². The molecular formula is C18H17ClN2O3. The lowest BCUT2D eigenvalue weighted by molar-refractivity contribution is -0.120. The molecule has 0 atom stereocenters. The first kappa shape index (κ1) is 17.6. The highest BCUT2D eigenvalue weighted by Gasteiger charge is 2.08. The number of nitrogens with zero attached hydrogens (tertiary/aromatic N) is 1. The van der Waals surface area contributed by atoms with Crippen molar-refractivity contribution in [3.63, 3.8) is 0 Å². The Morgan fingerprint density at radius 2 is 2.12 bits per heavy atom. The summed E-state index contributed by atoms with van der Waals surface area (Å²) in [4.78, 5) is 11.5. The number of carbonyl (C=O) groups is 1. The fourth-order valence-electron chi connectivity index (χ4n) is 2.06. The summed E-state index contributed by atoms with van der Waals surface area (Å²) in [5, 5.41) is 11.9. The Bertz CT molecular complexity index is 756. The largest absolute Gasteiger partial charge is 0.497 e. The number of ether oxygens (including phenoxy) is 2. The van der Waals surface area contributed by atoms with E-state index < -0.39 is 0 Å². The molecule has 0 unspecified atom stereocenters. The molecule has 124 valence electrons. The van der Waals surface area contributed by atoms with Crippen LogP contribution < -0.4 is 14.8 Å². The zero-order valence-electron chi connectivity index (χ0n) is 13.2. The average molecular weight is 345 g/mol. The number of benzene rings is 2. The number of carbonyl (C=O) groups excluding carboxylic acids is 1. The lowest BCUT2D eigenvalue weighted by Crippen LogP contribution is -2.22. The molecule has 1 N–H and O–H groups in total. The molecule has 24 heavy (non-hydrogen) atoms. The topological polar surface area (TPSA) is 71.3 Å². The summed E-state index contributed by atoms with van der Waals surface area (Å²) in [5.41, 5.74) is 1.73. The third kappa shape index (κ3) is 5.18. The number of nitrogens with one attached hydrogen (secondary N) is 1. The van der Waals surface area contributed by atoms with E-state index in [0.717, 1.165) is 11.1 Å². The van der Waals surface area contributed by atoms with E-state index in [-0.39, 0.29) is 18.9 Å². The van der Waals surface area contributed by atoms with Gasteiger partial charge in [0.1, 0.15) is 24.5 Å². The van der Waals surface area contributed by atoms with Gasteiger partial charge in [-0.05, 0) is 29.8 Å². The first-order valence-corrected chi connectivity index (χ1v) is 7.68. The fourth-order valence-corrected chi connectivity index (χ4v) is 2.27. The van der Waals surface area contributed by atoms with Crippen molar-refractivity contribution in [1.82, 2.24) is 5.32 Å². The van der Waals surface area contributed by atoms with Gasteiger partial charge in [0.15, 0.2) is 0 Å². The summed E-state index contributed by atoms with van der Waals surface area (Å²) in [6.45, 7) is 0.613. The van der Waals surface area contributed by atoms with Crippen molar-refractivity contribution in [1.29, 1.82) is 5.26 Å². The lowest BCUT2D eigenvalue weighted by Gasteiger charge is -2.14. The van der Waals surface area contributed by atoms with Gasteiger partial charge in [-0.2, -0.15) is 5.26 Å². The van der Waals surface area contributed by atoms with Gasteiger partial charge in [-0.15, -0.1) is 0 Å². The molecule has 2 aromatic carbocycles. The number of rotatable bonds is 7. The van der Waals surface area contributed by atoms with E-state index >= 15 is 0 Å². The number of amides is 1. The molecule has 0 spiro atoms.